The summed E-state index contributed by atoms with van der Waals surface area (Å²) in [6.07, 6.45) is 1.61. The second-order valence-corrected chi connectivity index (χ2v) is 2.25. The van der Waals surface area contributed by atoms with E-state index in [0.29, 0.717) is 5.82 Å². The molecule has 2 aromatic heterocycles. The normalized spacial score (nSPS) is 10.5. The number of nitrogens with one attached hydrogen (secondary N) is 1. The highest BCUT2D eigenvalue weighted by atomic mass is 15.0. The lowest BCUT2D eigenvalue weighted by molar-refractivity contribution is 1.23. The maximum absolute atomic E-state index is 5.48. The third-order valence-electron chi connectivity index (χ3n) is 1.41. The van der Waals surface area contributed by atoms with Crippen molar-refractivity contribution in [2.75, 3.05) is 11.5 Å². The van der Waals surface area contributed by atoms with Gasteiger partial charge in [0, 0.05) is 6.07 Å². The molecule has 0 fully saturated rings. The van der Waals surface area contributed by atoms with Gasteiger partial charge in [0.05, 0.1) is 17.2 Å². The van der Waals surface area contributed by atoms with Crippen LogP contribution in [0.1, 0.15) is 0 Å². The van der Waals surface area contributed by atoms with Crippen molar-refractivity contribution in [1.82, 2.24) is 15.0 Å². The highest BCUT2D eigenvalue weighted by Gasteiger charge is 1.98. The molecule has 0 atom stereocenters. The molecule has 0 saturated heterocycles. The molecule has 0 aromatic carbocycles. The van der Waals surface area contributed by atoms with E-state index in [1.54, 1.807) is 12.3 Å². The van der Waals surface area contributed by atoms with Crippen LogP contribution in [0.15, 0.2) is 12.3 Å². The van der Waals surface area contributed by atoms with E-state index in [9.17, 15) is 0 Å². The van der Waals surface area contributed by atoms with Crippen LogP contribution in [0.4, 0.5) is 11.8 Å². The summed E-state index contributed by atoms with van der Waals surface area (Å²) in [6.45, 7) is 0. The van der Waals surface area contributed by atoms with Gasteiger partial charge < -0.3 is 16.5 Å². The fourth-order valence-electron chi connectivity index (χ4n) is 0.955. The van der Waals surface area contributed by atoms with Crippen molar-refractivity contribution in [3.8, 4) is 0 Å². The second kappa shape index (κ2) is 1.85. The summed E-state index contributed by atoms with van der Waals surface area (Å²) in [7, 11) is 0. The molecule has 11 heavy (non-hydrogen) atoms. The van der Waals surface area contributed by atoms with Gasteiger partial charge in [0.1, 0.15) is 5.82 Å². The molecule has 0 aliphatic rings. The first-order valence-corrected chi connectivity index (χ1v) is 3.12. The zero-order valence-electron chi connectivity index (χ0n) is 5.70. The molecular formula is C6H7N5. The number of aromatic nitrogens is 3. The van der Waals surface area contributed by atoms with Gasteiger partial charge in [0.25, 0.3) is 0 Å². The van der Waals surface area contributed by atoms with Gasteiger partial charge >= 0.3 is 0 Å². The van der Waals surface area contributed by atoms with Gasteiger partial charge in [-0.15, -0.1) is 0 Å². The van der Waals surface area contributed by atoms with E-state index in [-0.39, 0.29) is 5.95 Å². The molecule has 0 aliphatic heterocycles. The Morgan fingerprint density at radius 2 is 2.18 bits per heavy atom. The van der Waals surface area contributed by atoms with Crippen molar-refractivity contribution >= 4 is 22.8 Å². The standard InChI is InChI=1S/C6H7N5/c7-5-1-3-4(10-5)2-9-6(8)11-3/h1-2,10H,7H2,(H2,8,9,11). The van der Waals surface area contributed by atoms with E-state index in [0.717, 1.165) is 11.0 Å². The highest BCUT2D eigenvalue weighted by molar-refractivity contribution is 5.79. The van der Waals surface area contributed by atoms with Crippen LogP contribution in [-0.2, 0) is 0 Å². The monoisotopic (exact) mass is 149 g/mol. The second-order valence-electron chi connectivity index (χ2n) is 2.25. The molecule has 0 amide bonds. The molecule has 5 N–H and O–H groups in total. The first kappa shape index (κ1) is 5.96. The number of nitrogens with zero attached hydrogens (tertiary/aromatic N) is 2. The third-order valence-corrected chi connectivity index (χ3v) is 1.41. The Morgan fingerprint density at radius 3 is 3.00 bits per heavy atom. The predicted molar refractivity (Wildman–Crippen MR) is 42.7 cm³/mol. The summed E-state index contributed by atoms with van der Waals surface area (Å²) < 4.78 is 0. The molecule has 0 bridgehead atoms. The minimum atomic E-state index is 0.261. The van der Waals surface area contributed by atoms with Gasteiger partial charge in [-0.2, -0.15) is 0 Å². The van der Waals surface area contributed by atoms with Crippen LogP contribution < -0.4 is 11.5 Å². The number of hydrogen-bond donors (Lipinski definition) is 3. The topological polar surface area (TPSA) is 93.6 Å². The van der Waals surface area contributed by atoms with Gasteiger partial charge in [-0.1, -0.05) is 0 Å². The summed E-state index contributed by atoms with van der Waals surface area (Å²) in [5, 5.41) is 0. The zero-order valence-corrected chi connectivity index (χ0v) is 5.70. The fraction of sp³-hybridized carbons (Fsp3) is 0. The van der Waals surface area contributed by atoms with Gasteiger partial charge in [0.2, 0.25) is 5.95 Å². The molecule has 56 valence electrons. The number of aromatic amines is 1. The van der Waals surface area contributed by atoms with Crippen molar-refractivity contribution in [2.24, 2.45) is 0 Å². The molecule has 0 unspecified atom stereocenters. The largest absolute Gasteiger partial charge is 0.385 e. The van der Waals surface area contributed by atoms with E-state index in [2.05, 4.69) is 15.0 Å². The summed E-state index contributed by atoms with van der Waals surface area (Å²) in [6, 6.07) is 1.72. The number of anilines is 2. The molecule has 0 radical (unpaired) electrons. The number of rotatable bonds is 0. The van der Waals surface area contributed by atoms with Gasteiger partial charge in [-0.3, -0.25) is 0 Å². The van der Waals surface area contributed by atoms with Gasteiger partial charge in [0.15, 0.2) is 0 Å². The maximum Gasteiger partial charge on any atom is 0.220 e. The predicted octanol–water partition coefficient (Wildman–Crippen LogP) is 0.122. The van der Waals surface area contributed by atoms with Crippen LogP contribution in [0.3, 0.4) is 0 Å². The Hall–Kier alpha value is -1.78. The summed E-state index contributed by atoms with van der Waals surface area (Å²) in [5.41, 5.74) is 12.4. The molecule has 0 spiro atoms. The van der Waals surface area contributed by atoms with E-state index in [1.807, 2.05) is 0 Å². The molecule has 2 rings (SSSR count). The fourth-order valence-corrected chi connectivity index (χ4v) is 0.955. The van der Waals surface area contributed by atoms with E-state index in [4.69, 9.17) is 11.5 Å². The lowest BCUT2D eigenvalue weighted by atomic mass is 10.5. The van der Waals surface area contributed by atoms with Crippen LogP contribution in [-0.4, -0.2) is 15.0 Å². The number of H-pyrrole nitrogens is 1. The first-order chi connectivity index (χ1) is 5.25. The van der Waals surface area contributed by atoms with E-state index in [1.165, 1.54) is 0 Å². The zero-order chi connectivity index (χ0) is 7.84. The lowest BCUT2D eigenvalue weighted by Crippen LogP contribution is -1.92. The van der Waals surface area contributed by atoms with Crippen LogP contribution in [0, 0.1) is 0 Å². The van der Waals surface area contributed by atoms with Gasteiger partial charge in [-0.25, -0.2) is 9.97 Å². The number of fused-ring (bicyclic) bond motifs is 1. The minimum absolute atomic E-state index is 0.261. The molecule has 5 nitrogen and oxygen atoms in total. The molecule has 2 heterocycles. The Morgan fingerprint density at radius 1 is 1.36 bits per heavy atom. The Kier molecular flexibility index (Phi) is 1.00. The quantitative estimate of drug-likeness (QED) is 0.496. The molecular weight excluding hydrogens is 142 g/mol. The van der Waals surface area contributed by atoms with Crippen molar-refractivity contribution in [1.29, 1.82) is 0 Å². The van der Waals surface area contributed by atoms with Gasteiger partial charge in [-0.05, 0) is 0 Å². The maximum atomic E-state index is 5.48. The van der Waals surface area contributed by atoms with Crippen LogP contribution in [0.25, 0.3) is 11.0 Å². The van der Waals surface area contributed by atoms with Crippen molar-refractivity contribution < 1.29 is 0 Å². The van der Waals surface area contributed by atoms with Crippen LogP contribution in [0.2, 0.25) is 0 Å². The van der Waals surface area contributed by atoms with Crippen molar-refractivity contribution in [2.45, 2.75) is 0 Å². The summed E-state index contributed by atoms with van der Waals surface area (Å²) in [4.78, 5) is 10.6. The Labute approximate surface area is 62.4 Å². The minimum Gasteiger partial charge on any atom is -0.385 e. The van der Waals surface area contributed by atoms with Crippen molar-refractivity contribution in [3.63, 3.8) is 0 Å². The lowest BCUT2D eigenvalue weighted by Gasteiger charge is -1.88. The van der Waals surface area contributed by atoms with Crippen molar-refractivity contribution in [3.05, 3.63) is 12.3 Å². The van der Waals surface area contributed by atoms with E-state index < -0.39 is 0 Å². The molecule has 0 saturated carbocycles. The SMILES string of the molecule is Nc1ncc2[nH]c(N)cc2n1. The third kappa shape index (κ3) is 0.861. The number of hydrogen-bond acceptors (Lipinski definition) is 4. The first-order valence-electron chi connectivity index (χ1n) is 3.12. The average molecular weight is 149 g/mol. The number of nitrogen functional groups attached to an aromatic ring is 2. The smallest absolute Gasteiger partial charge is 0.220 e. The summed E-state index contributed by atoms with van der Waals surface area (Å²) >= 11 is 0. The Bertz CT molecular complexity index is 391. The van der Waals surface area contributed by atoms with Crippen LogP contribution >= 0.6 is 0 Å². The van der Waals surface area contributed by atoms with Crippen LogP contribution in [0.5, 0.6) is 0 Å². The average Bonchev–Trinajstić information content (AvgIpc) is 2.27. The Balaban J connectivity index is 2.82. The number of nitrogens with two attached hydrogens (primary N) is 2. The molecule has 0 aliphatic carbocycles. The molecule has 5 heteroatoms. The van der Waals surface area contributed by atoms with E-state index >= 15 is 0 Å². The summed E-state index contributed by atoms with van der Waals surface area (Å²) in [5.74, 6) is 0.830. The highest BCUT2D eigenvalue weighted by Crippen LogP contribution is 2.13. The molecule has 2 aromatic rings.